The van der Waals surface area contributed by atoms with Crippen LogP contribution in [0.5, 0.6) is 0 Å². The van der Waals surface area contributed by atoms with E-state index in [1.54, 1.807) is 36.4 Å². The molecule has 1 aliphatic rings. The van der Waals surface area contributed by atoms with Crippen LogP contribution in [0.1, 0.15) is 17.0 Å². The normalized spacial score (nSPS) is 14.6. The maximum atomic E-state index is 12.5. The van der Waals surface area contributed by atoms with Crippen LogP contribution >= 0.6 is 11.6 Å². The average molecular weight is 434 g/mol. The van der Waals surface area contributed by atoms with Gasteiger partial charge in [-0.05, 0) is 48.0 Å². The van der Waals surface area contributed by atoms with Gasteiger partial charge in [-0.2, -0.15) is 10.2 Å². The molecule has 7 nitrogen and oxygen atoms in total. The monoisotopic (exact) mass is 433 g/mol. The van der Waals surface area contributed by atoms with Crippen molar-refractivity contribution in [3.63, 3.8) is 0 Å². The Hall–Kier alpha value is -3.47. The topological polar surface area (TPSA) is 86.3 Å². The summed E-state index contributed by atoms with van der Waals surface area (Å²) in [5.41, 5.74) is 2.34. The van der Waals surface area contributed by atoms with E-state index in [9.17, 15) is 4.79 Å². The third-order valence-electron chi connectivity index (χ3n) is 5.07. The summed E-state index contributed by atoms with van der Waals surface area (Å²) in [5, 5.41) is 13.5. The van der Waals surface area contributed by atoms with Gasteiger partial charge >= 0.3 is 0 Å². The lowest BCUT2D eigenvalue weighted by Crippen LogP contribution is -2.47. The Morgan fingerprint density at radius 3 is 2.48 bits per heavy atom. The minimum atomic E-state index is -0.0215. The number of benzene rings is 2. The van der Waals surface area contributed by atoms with Gasteiger partial charge in [0, 0.05) is 42.8 Å². The van der Waals surface area contributed by atoms with Crippen molar-refractivity contribution < 1.29 is 9.32 Å². The predicted molar refractivity (Wildman–Crippen MR) is 117 cm³/mol. The number of hydrogen-bond donors (Lipinski definition) is 0. The van der Waals surface area contributed by atoms with Gasteiger partial charge in [0.2, 0.25) is 17.6 Å². The molecule has 1 amide bonds. The average Bonchev–Trinajstić information content (AvgIpc) is 3.27. The molecule has 3 aromatic rings. The third-order valence-corrected chi connectivity index (χ3v) is 5.32. The van der Waals surface area contributed by atoms with Crippen LogP contribution in [0.15, 0.2) is 59.1 Å². The number of hydrogen-bond acceptors (Lipinski definition) is 6. The van der Waals surface area contributed by atoms with Crippen molar-refractivity contribution in [2.45, 2.75) is 6.54 Å². The second-order valence-corrected chi connectivity index (χ2v) is 7.62. The zero-order chi connectivity index (χ0) is 21.6. The number of halogens is 1. The summed E-state index contributed by atoms with van der Waals surface area (Å²) in [5.74, 6) is 1.06. The highest BCUT2D eigenvalue weighted by atomic mass is 35.5. The summed E-state index contributed by atoms with van der Waals surface area (Å²) in [7, 11) is 0. The molecule has 31 heavy (non-hydrogen) atoms. The first-order chi connectivity index (χ1) is 15.1. The molecule has 0 unspecified atom stereocenters. The van der Waals surface area contributed by atoms with Gasteiger partial charge in [0.05, 0.1) is 18.2 Å². The van der Waals surface area contributed by atoms with Crippen molar-refractivity contribution in [1.82, 2.24) is 19.9 Å². The molecule has 1 aliphatic heterocycles. The van der Waals surface area contributed by atoms with Gasteiger partial charge in [0.1, 0.15) is 0 Å². The number of carbonyl (C=O) groups is 1. The van der Waals surface area contributed by atoms with Gasteiger partial charge in [0.25, 0.3) is 0 Å². The Morgan fingerprint density at radius 2 is 1.81 bits per heavy atom. The molecule has 0 spiro atoms. The van der Waals surface area contributed by atoms with Crippen molar-refractivity contribution in [1.29, 1.82) is 5.26 Å². The minimum Gasteiger partial charge on any atom is -0.338 e. The van der Waals surface area contributed by atoms with E-state index in [0.717, 1.165) is 24.2 Å². The zero-order valence-corrected chi connectivity index (χ0v) is 17.5. The molecule has 2 heterocycles. The highest BCUT2D eigenvalue weighted by Crippen LogP contribution is 2.19. The van der Waals surface area contributed by atoms with Gasteiger partial charge in [0.15, 0.2) is 0 Å². The number of piperazine rings is 1. The molecule has 0 bridgehead atoms. The molecule has 156 valence electrons. The first-order valence-corrected chi connectivity index (χ1v) is 10.3. The molecule has 0 radical (unpaired) electrons. The molecule has 1 fully saturated rings. The molecule has 2 aromatic carbocycles. The summed E-state index contributed by atoms with van der Waals surface area (Å²) >= 11 is 5.92. The second kappa shape index (κ2) is 9.56. The SMILES string of the molecule is N#Cc1ccc(C=CC(=O)N2CCN(Cc3nc(-c4ccc(Cl)cc4)no3)CC2)cc1. The lowest BCUT2D eigenvalue weighted by Gasteiger charge is -2.33. The Bertz CT molecular complexity index is 1110. The summed E-state index contributed by atoms with van der Waals surface area (Å²) in [6.07, 6.45) is 3.35. The van der Waals surface area contributed by atoms with Gasteiger partial charge in [-0.15, -0.1) is 0 Å². The van der Waals surface area contributed by atoms with Crippen LogP contribution < -0.4 is 0 Å². The Labute approximate surface area is 185 Å². The second-order valence-electron chi connectivity index (χ2n) is 7.19. The Balaban J connectivity index is 1.27. The molecule has 0 aliphatic carbocycles. The molecule has 4 rings (SSSR count). The van der Waals surface area contributed by atoms with Crippen molar-refractivity contribution >= 4 is 23.6 Å². The number of rotatable bonds is 5. The van der Waals surface area contributed by atoms with Gasteiger partial charge in [-0.1, -0.05) is 28.9 Å². The van der Waals surface area contributed by atoms with E-state index in [0.29, 0.717) is 41.9 Å². The number of carbonyl (C=O) groups excluding carboxylic acids is 1. The van der Waals surface area contributed by atoms with Crippen LogP contribution in [0, 0.1) is 11.3 Å². The molecule has 0 N–H and O–H groups in total. The predicted octanol–water partition coefficient (Wildman–Crippen LogP) is 3.62. The van der Waals surface area contributed by atoms with Crippen LogP contribution in [0.25, 0.3) is 17.5 Å². The van der Waals surface area contributed by atoms with E-state index in [1.807, 2.05) is 29.2 Å². The summed E-state index contributed by atoms with van der Waals surface area (Å²) in [4.78, 5) is 20.9. The number of amides is 1. The molecule has 0 saturated carbocycles. The maximum absolute atomic E-state index is 12.5. The van der Waals surface area contributed by atoms with Crippen molar-refractivity contribution in [2.75, 3.05) is 26.2 Å². The van der Waals surface area contributed by atoms with Gasteiger partial charge < -0.3 is 9.42 Å². The zero-order valence-electron chi connectivity index (χ0n) is 16.7. The van der Waals surface area contributed by atoms with E-state index in [-0.39, 0.29) is 5.91 Å². The van der Waals surface area contributed by atoms with E-state index in [4.69, 9.17) is 21.4 Å². The number of nitrogens with zero attached hydrogens (tertiary/aromatic N) is 5. The first-order valence-electron chi connectivity index (χ1n) is 9.89. The molecule has 8 heteroatoms. The third kappa shape index (κ3) is 5.37. The number of nitriles is 1. The van der Waals surface area contributed by atoms with Gasteiger partial charge in [-0.3, -0.25) is 9.69 Å². The standard InChI is InChI=1S/C23H20ClN5O2/c24-20-8-6-19(7-9-20)23-26-21(31-27-23)16-28-11-13-29(14-12-28)22(30)10-5-17-1-3-18(15-25)4-2-17/h1-10H,11-14,16H2. The van der Waals surface area contributed by atoms with Crippen LogP contribution in [0.2, 0.25) is 5.02 Å². The fourth-order valence-corrected chi connectivity index (χ4v) is 3.42. The molecule has 1 aromatic heterocycles. The molecule has 1 saturated heterocycles. The lowest BCUT2D eigenvalue weighted by atomic mass is 10.1. The smallest absolute Gasteiger partial charge is 0.246 e. The molecule has 0 atom stereocenters. The quantitative estimate of drug-likeness (QED) is 0.571. The van der Waals surface area contributed by atoms with E-state index in [1.165, 1.54) is 0 Å². The Morgan fingerprint density at radius 1 is 1.10 bits per heavy atom. The van der Waals surface area contributed by atoms with E-state index >= 15 is 0 Å². The lowest BCUT2D eigenvalue weighted by molar-refractivity contribution is -0.127. The van der Waals surface area contributed by atoms with E-state index in [2.05, 4.69) is 21.1 Å². The fraction of sp³-hybridized carbons (Fsp3) is 0.217. The van der Waals surface area contributed by atoms with Gasteiger partial charge in [-0.25, -0.2) is 0 Å². The van der Waals surface area contributed by atoms with Crippen molar-refractivity contribution in [3.05, 3.63) is 76.6 Å². The summed E-state index contributed by atoms with van der Waals surface area (Å²) < 4.78 is 5.38. The largest absolute Gasteiger partial charge is 0.338 e. The van der Waals surface area contributed by atoms with Crippen LogP contribution in [0.4, 0.5) is 0 Å². The highest BCUT2D eigenvalue weighted by molar-refractivity contribution is 6.30. The minimum absolute atomic E-state index is 0.0215. The van der Waals surface area contributed by atoms with Crippen molar-refractivity contribution in [2.24, 2.45) is 0 Å². The molecular weight excluding hydrogens is 414 g/mol. The Kier molecular flexibility index (Phi) is 6.41. The summed E-state index contributed by atoms with van der Waals surface area (Å²) in [6, 6.07) is 16.5. The summed E-state index contributed by atoms with van der Waals surface area (Å²) in [6.45, 7) is 3.28. The van der Waals surface area contributed by atoms with Crippen LogP contribution in [-0.2, 0) is 11.3 Å². The highest BCUT2D eigenvalue weighted by Gasteiger charge is 2.21. The molecular formula is C23H20ClN5O2. The fourth-order valence-electron chi connectivity index (χ4n) is 3.29. The number of aromatic nitrogens is 2. The first kappa shape index (κ1) is 20.8. The van der Waals surface area contributed by atoms with Crippen LogP contribution in [-0.4, -0.2) is 52.0 Å². The maximum Gasteiger partial charge on any atom is 0.246 e. The van der Waals surface area contributed by atoms with Crippen molar-refractivity contribution in [3.8, 4) is 17.5 Å². The van der Waals surface area contributed by atoms with E-state index < -0.39 is 0 Å². The van der Waals surface area contributed by atoms with Crippen LogP contribution in [0.3, 0.4) is 0 Å².